The molecule has 0 unspecified atom stereocenters. The van der Waals surface area contributed by atoms with Gasteiger partial charge in [0.2, 0.25) is 0 Å². The molecular formula is C11H17N. The van der Waals surface area contributed by atoms with Crippen LogP contribution in [0.3, 0.4) is 0 Å². The van der Waals surface area contributed by atoms with Gasteiger partial charge in [-0.2, -0.15) is 0 Å². The summed E-state index contributed by atoms with van der Waals surface area (Å²) in [7, 11) is 4.17. The van der Waals surface area contributed by atoms with Crippen LogP contribution in [0.1, 0.15) is 16.7 Å². The Balaban J connectivity index is 3.28. The SMILES string of the molecule is Cc1cc(C)c(C)c(N(C)C)c1. The molecule has 0 amide bonds. The molecule has 0 heterocycles. The fourth-order valence-corrected chi connectivity index (χ4v) is 1.48. The lowest BCUT2D eigenvalue weighted by Crippen LogP contribution is -2.11. The Morgan fingerprint density at radius 3 is 2.08 bits per heavy atom. The van der Waals surface area contributed by atoms with Gasteiger partial charge in [0.05, 0.1) is 0 Å². The first-order valence-electron chi connectivity index (χ1n) is 4.27. The zero-order valence-electron chi connectivity index (χ0n) is 8.60. The molecule has 0 N–H and O–H groups in total. The minimum atomic E-state index is 1.33. The molecule has 0 spiro atoms. The van der Waals surface area contributed by atoms with E-state index in [1.54, 1.807) is 0 Å². The summed E-state index contributed by atoms with van der Waals surface area (Å²) in [6.45, 7) is 6.47. The van der Waals surface area contributed by atoms with E-state index in [9.17, 15) is 0 Å². The normalized spacial score (nSPS) is 10.1. The first-order chi connectivity index (χ1) is 5.52. The van der Waals surface area contributed by atoms with Crippen LogP contribution in [0.25, 0.3) is 0 Å². The quantitative estimate of drug-likeness (QED) is 0.615. The molecule has 1 rings (SSSR count). The van der Waals surface area contributed by atoms with Crippen LogP contribution < -0.4 is 4.90 Å². The maximum absolute atomic E-state index is 2.22. The van der Waals surface area contributed by atoms with Crippen LogP contribution in [0.4, 0.5) is 5.69 Å². The minimum absolute atomic E-state index is 1.33. The monoisotopic (exact) mass is 163 g/mol. The molecule has 12 heavy (non-hydrogen) atoms. The van der Waals surface area contributed by atoms with Crippen LogP contribution in [-0.2, 0) is 0 Å². The second kappa shape index (κ2) is 3.18. The van der Waals surface area contributed by atoms with Crippen molar-refractivity contribution in [3.05, 3.63) is 28.8 Å². The third kappa shape index (κ3) is 1.60. The largest absolute Gasteiger partial charge is 0.377 e. The molecule has 1 aromatic rings. The topological polar surface area (TPSA) is 3.24 Å². The van der Waals surface area contributed by atoms with Gasteiger partial charge >= 0.3 is 0 Å². The molecular weight excluding hydrogens is 146 g/mol. The van der Waals surface area contributed by atoms with Crippen molar-refractivity contribution in [2.75, 3.05) is 19.0 Å². The summed E-state index contributed by atoms with van der Waals surface area (Å²) >= 11 is 0. The van der Waals surface area contributed by atoms with Gasteiger partial charge in [-0.25, -0.2) is 0 Å². The van der Waals surface area contributed by atoms with Gasteiger partial charge in [0.15, 0.2) is 0 Å². The van der Waals surface area contributed by atoms with Gasteiger partial charge in [0, 0.05) is 19.8 Å². The van der Waals surface area contributed by atoms with Gasteiger partial charge in [0.1, 0.15) is 0 Å². The molecule has 0 aliphatic carbocycles. The fraction of sp³-hybridized carbons (Fsp3) is 0.455. The van der Waals surface area contributed by atoms with E-state index in [4.69, 9.17) is 0 Å². The van der Waals surface area contributed by atoms with Crippen LogP contribution >= 0.6 is 0 Å². The molecule has 0 aromatic heterocycles. The maximum atomic E-state index is 2.22. The lowest BCUT2D eigenvalue weighted by atomic mass is 10.0. The van der Waals surface area contributed by atoms with Crippen molar-refractivity contribution >= 4 is 5.69 Å². The fourth-order valence-electron chi connectivity index (χ4n) is 1.48. The molecule has 0 radical (unpaired) electrons. The Hall–Kier alpha value is -0.980. The highest BCUT2D eigenvalue weighted by atomic mass is 15.1. The molecule has 0 saturated heterocycles. The standard InChI is InChI=1S/C11H17N/c1-8-6-9(2)10(3)11(7-8)12(4)5/h6-7H,1-5H3. The van der Waals surface area contributed by atoms with Crippen molar-refractivity contribution in [2.24, 2.45) is 0 Å². The maximum Gasteiger partial charge on any atom is 0.0396 e. The van der Waals surface area contributed by atoms with E-state index in [2.05, 4.69) is 51.9 Å². The average molecular weight is 163 g/mol. The predicted octanol–water partition coefficient (Wildman–Crippen LogP) is 2.68. The van der Waals surface area contributed by atoms with Crippen LogP contribution in [0.15, 0.2) is 12.1 Å². The van der Waals surface area contributed by atoms with E-state index >= 15 is 0 Å². The zero-order chi connectivity index (χ0) is 9.30. The molecule has 0 saturated carbocycles. The summed E-state index contributed by atoms with van der Waals surface area (Å²) in [5, 5.41) is 0. The Morgan fingerprint density at radius 1 is 1.00 bits per heavy atom. The smallest absolute Gasteiger partial charge is 0.0396 e. The van der Waals surface area contributed by atoms with Crippen molar-refractivity contribution in [3.63, 3.8) is 0 Å². The molecule has 0 aliphatic rings. The number of aryl methyl sites for hydroxylation is 2. The lowest BCUT2D eigenvalue weighted by molar-refractivity contribution is 1.10. The highest BCUT2D eigenvalue weighted by Gasteiger charge is 2.03. The Kier molecular flexibility index (Phi) is 2.41. The summed E-state index contributed by atoms with van der Waals surface area (Å²) in [6.07, 6.45) is 0. The third-order valence-electron chi connectivity index (χ3n) is 2.27. The van der Waals surface area contributed by atoms with Crippen molar-refractivity contribution in [3.8, 4) is 0 Å². The molecule has 1 nitrogen and oxygen atoms in total. The molecule has 0 bridgehead atoms. The molecule has 0 fully saturated rings. The number of nitrogens with zero attached hydrogens (tertiary/aromatic N) is 1. The van der Waals surface area contributed by atoms with Crippen molar-refractivity contribution < 1.29 is 0 Å². The number of hydrogen-bond donors (Lipinski definition) is 0. The van der Waals surface area contributed by atoms with Gasteiger partial charge in [0.25, 0.3) is 0 Å². The van der Waals surface area contributed by atoms with Crippen LogP contribution in [0.2, 0.25) is 0 Å². The number of hydrogen-bond acceptors (Lipinski definition) is 1. The van der Waals surface area contributed by atoms with E-state index in [1.807, 2.05) is 0 Å². The molecule has 0 atom stereocenters. The number of anilines is 1. The summed E-state index contributed by atoms with van der Waals surface area (Å²) in [4.78, 5) is 2.16. The molecule has 1 aromatic carbocycles. The number of rotatable bonds is 1. The Morgan fingerprint density at radius 2 is 1.58 bits per heavy atom. The Bertz CT molecular complexity index is 287. The van der Waals surface area contributed by atoms with E-state index in [0.717, 1.165) is 0 Å². The Labute approximate surface area is 75.0 Å². The zero-order valence-corrected chi connectivity index (χ0v) is 8.60. The molecule has 1 heteroatoms. The van der Waals surface area contributed by atoms with Crippen LogP contribution in [0.5, 0.6) is 0 Å². The van der Waals surface area contributed by atoms with Gasteiger partial charge in [-0.15, -0.1) is 0 Å². The second-order valence-electron chi connectivity index (χ2n) is 3.62. The minimum Gasteiger partial charge on any atom is -0.377 e. The van der Waals surface area contributed by atoms with Crippen molar-refractivity contribution in [1.29, 1.82) is 0 Å². The van der Waals surface area contributed by atoms with Gasteiger partial charge in [-0.05, 0) is 43.5 Å². The highest BCUT2D eigenvalue weighted by Crippen LogP contribution is 2.22. The molecule has 0 aliphatic heterocycles. The predicted molar refractivity (Wildman–Crippen MR) is 55.0 cm³/mol. The van der Waals surface area contributed by atoms with E-state index in [0.29, 0.717) is 0 Å². The van der Waals surface area contributed by atoms with Gasteiger partial charge < -0.3 is 4.90 Å². The van der Waals surface area contributed by atoms with Crippen LogP contribution in [-0.4, -0.2) is 14.1 Å². The summed E-state index contributed by atoms with van der Waals surface area (Å²) in [5.74, 6) is 0. The van der Waals surface area contributed by atoms with E-state index in [1.165, 1.54) is 22.4 Å². The summed E-state index contributed by atoms with van der Waals surface area (Å²) < 4.78 is 0. The summed E-state index contributed by atoms with van der Waals surface area (Å²) in [6, 6.07) is 4.45. The molecule has 66 valence electrons. The number of benzene rings is 1. The average Bonchev–Trinajstić information content (AvgIpc) is 1.96. The summed E-state index contributed by atoms with van der Waals surface area (Å²) in [5.41, 5.74) is 5.42. The van der Waals surface area contributed by atoms with E-state index in [-0.39, 0.29) is 0 Å². The van der Waals surface area contributed by atoms with E-state index < -0.39 is 0 Å². The third-order valence-corrected chi connectivity index (χ3v) is 2.27. The van der Waals surface area contributed by atoms with Crippen LogP contribution in [0, 0.1) is 20.8 Å². The highest BCUT2D eigenvalue weighted by molar-refractivity contribution is 5.56. The first-order valence-corrected chi connectivity index (χ1v) is 4.27. The van der Waals surface area contributed by atoms with Crippen molar-refractivity contribution in [1.82, 2.24) is 0 Å². The van der Waals surface area contributed by atoms with Gasteiger partial charge in [-0.1, -0.05) is 6.07 Å². The van der Waals surface area contributed by atoms with Crippen molar-refractivity contribution in [2.45, 2.75) is 20.8 Å². The lowest BCUT2D eigenvalue weighted by Gasteiger charge is -2.17. The van der Waals surface area contributed by atoms with Gasteiger partial charge in [-0.3, -0.25) is 0 Å². The second-order valence-corrected chi connectivity index (χ2v) is 3.62. The first kappa shape index (κ1) is 9.11.